The van der Waals surface area contributed by atoms with Gasteiger partial charge in [-0.25, -0.2) is 15.0 Å². The third-order valence-electron chi connectivity index (χ3n) is 10.4. The van der Waals surface area contributed by atoms with Crippen LogP contribution in [-0.4, -0.2) is 15.0 Å². The summed E-state index contributed by atoms with van der Waals surface area (Å²) in [5.74, 6) is 2.56. The second-order valence-corrected chi connectivity index (χ2v) is 13.5. The molecule has 0 spiro atoms. The Labute approximate surface area is 296 Å². The quantitative estimate of drug-likeness (QED) is 0.185. The van der Waals surface area contributed by atoms with Gasteiger partial charge in [0.15, 0.2) is 17.5 Å². The fraction of sp³-hybridized carbons (Fsp3) is 0.0851. The van der Waals surface area contributed by atoms with E-state index in [1.54, 1.807) is 0 Å². The minimum Gasteiger partial charge on any atom is -0.456 e. The molecule has 0 aliphatic heterocycles. The third-order valence-corrected chi connectivity index (χ3v) is 10.4. The van der Waals surface area contributed by atoms with Gasteiger partial charge in [0.05, 0.1) is 0 Å². The minimum atomic E-state index is 0.573. The van der Waals surface area contributed by atoms with Crippen LogP contribution in [0.3, 0.4) is 0 Å². The van der Waals surface area contributed by atoms with E-state index < -0.39 is 0 Å². The monoisotopic (exact) mass is 655 g/mol. The van der Waals surface area contributed by atoms with E-state index in [2.05, 4.69) is 127 Å². The van der Waals surface area contributed by atoms with E-state index in [9.17, 15) is 0 Å². The van der Waals surface area contributed by atoms with Gasteiger partial charge in [0, 0.05) is 27.5 Å². The summed E-state index contributed by atoms with van der Waals surface area (Å²) in [6, 6.07) is 46.7. The van der Waals surface area contributed by atoms with Gasteiger partial charge in [-0.1, -0.05) is 133 Å². The maximum Gasteiger partial charge on any atom is 0.164 e. The fourth-order valence-electron chi connectivity index (χ4n) is 7.76. The highest BCUT2D eigenvalue weighted by atomic mass is 16.3. The number of furan rings is 1. The second-order valence-electron chi connectivity index (χ2n) is 13.5. The number of rotatable bonds is 5. The van der Waals surface area contributed by atoms with Gasteiger partial charge < -0.3 is 4.42 Å². The summed E-state index contributed by atoms with van der Waals surface area (Å²) in [5, 5.41) is 4.54. The van der Waals surface area contributed by atoms with Gasteiger partial charge in [-0.2, -0.15) is 0 Å². The largest absolute Gasteiger partial charge is 0.456 e. The number of allylic oxidation sites excluding steroid dienone is 6. The van der Waals surface area contributed by atoms with Gasteiger partial charge >= 0.3 is 0 Å². The normalized spacial score (nSPS) is 15.6. The smallest absolute Gasteiger partial charge is 0.164 e. The molecule has 4 nitrogen and oxygen atoms in total. The van der Waals surface area contributed by atoms with Gasteiger partial charge in [0.2, 0.25) is 0 Å². The van der Waals surface area contributed by atoms with Crippen molar-refractivity contribution in [2.45, 2.75) is 19.3 Å². The maximum absolute atomic E-state index is 6.44. The molecule has 6 aromatic carbocycles. The lowest BCUT2D eigenvalue weighted by atomic mass is 9.82. The van der Waals surface area contributed by atoms with Crippen molar-refractivity contribution in [1.29, 1.82) is 0 Å². The molecule has 0 saturated heterocycles. The summed E-state index contributed by atoms with van der Waals surface area (Å²) in [5.41, 5.74) is 10.6. The highest BCUT2D eigenvalue weighted by Crippen LogP contribution is 2.40. The summed E-state index contributed by atoms with van der Waals surface area (Å²) in [6.07, 6.45) is 12.4. The van der Waals surface area contributed by atoms with Crippen LogP contribution in [0.1, 0.15) is 25.1 Å². The highest BCUT2D eigenvalue weighted by Gasteiger charge is 2.22. The van der Waals surface area contributed by atoms with E-state index in [-0.39, 0.29) is 0 Å². The third kappa shape index (κ3) is 5.28. The van der Waals surface area contributed by atoms with E-state index in [1.165, 1.54) is 33.9 Å². The zero-order chi connectivity index (χ0) is 33.7. The standard InChI is InChI=1S/C47H33N3O/c1-2-12-34(13-3-1)45-48-46(37-25-22-30-10-4-5-14-35(30)28-37)50-47(49-45)40-18-9-19-43-44(40)41-29-36(26-27-42(41)51-43)31-20-23-33(24-21-31)39-17-8-15-32-11-6-7-16-38(32)39/h1-3,5-9,11-21,23-30H,4,10,22H2. The van der Waals surface area contributed by atoms with Crippen molar-refractivity contribution in [2.24, 2.45) is 5.92 Å². The van der Waals surface area contributed by atoms with Crippen LogP contribution in [0, 0.1) is 5.92 Å². The SMILES string of the molecule is C1=CC2=CC(c3nc(-c4ccccc4)nc(-c4cccc5oc6ccc(-c7ccc(-c8cccc9ccccc89)cc7)cc6c45)n3)=CCC2CC1. The Hall–Kier alpha value is -6.39. The van der Waals surface area contributed by atoms with Crippen molar-refractivity contribution in [3.63, 3.8) is 0 Å². The number of hydrogen-bond donors (Lipinski definition) is 0. The molecule has 0 amide bonds. The van der Waals surface area contributed by atoms with Crippen LogP contribution < -0.4 is 0 Å². The molecule has 2 aliphatic carbocycles. The fourth-order valence-corrected chi connectivity index (χ4v) is 7.76. The predicted octanol–water partition coefficient (Wildman–Crippen LogP) is 12.3. The van der Waals surface area contributed by atoms with Crippen LogP contribution in [0.15, 0.2) is 168 Å². The van der Waals surface area contributed by atoms with Crippen molar-refractivity contribution in [3.8, 4) is 45.0 Å². The summed E-state index contributed by atoms with van der Waals surface area (Å²) >= 11 is 0. The molecule has 51 heavy (non-hydrogen) atoms. The Morgan fingerprint density at radius 3 is 2.22 bits per heavy atom. The molecule has 0 radical (unpaired) electrons. The van der Waals surface area contributed by atoms with Crippen LogP contribution in [0.5, 0.6) is 0 Å². The summed E-state index contributed by atoms with van der Waals surface area (Å²) in [4.78, 5) is 15.3. The van der Waals surface area contributed by atoms with E-state index in [0.717, 1.165) is 62.6 Å². The molecule has 2 aliphatic rings. The van der Waals surface area contributed by atoms with Crippen LogP contribution >= 0.6 is 0 Å². The Kier molecular flexibility index (Phi) is 7.05. The van der Waals surface area contributed by atoms with Crippen molar-refractivity contribution in [2.75, 3.05) is 0 Å². The molecule has 0 saturated carbocycles. The van der Waals surface area contributed by atoms with Gasteiger partial charge in [-0.05, 0) is 88.1 Å². The van der Waals surface area contributed by atoms with E-state index in [4.69, 9.17) is 19.4 Å². The topological polar surface area (TPSA) is 51.8 Å². The van der Waals surface area contributed by atoms with Gasteiger partial charge in [-0.15, -0.1) is 0 Å². The molecule has 4 heteroatoms. The first kappa shape index (κ1) is 29.5. The van der Waals surface area contributed by atoms with Crippen molar-refractivity contribution >= 4 is 38.3 Å². The van der Waals surface area contributed by atoms with Gasteiger partial charge in [0.1, 0.15) is 11.2 Å². The highest BCUT2D eigenvalue weighted by molar-refractivity contribution is 6.12. The first-order chi connectivity index (χ1) is 25.2. The molecule has 242 valence electrons. The summed E-state index contributed by atoms with van der Waals surface area (Å²) in [7, 11) is 0. The molecule has 1 unspecified atom stereocenters. The van der Waals surface area contributed by atoms with Gasteiger partial charge in [-0.3, -0.25) is 0 Å². The van der Waals surface area contributed by atoms with Crippen molar-refractivity contribution in [1.82, 2.24) is 15.0 Å². The van der Waals surface area contributed by atoms with E-state index in [0.29, 0.717) is 23.4 Å². The lowest BCUT2D eigenvalue weighted by Gasteiger charge is -2.24. The number of nitrogens with zero attached hydrogens (tertiary/aromatic N) is 3. The average molecular weight is 656 g/mol. The Bertz CT molecular complexity index is 2710. The molecule has 8 aromatic rings. The molecule has 10 rings (SSSR count). The summed E-state index contributed by atoms with van der Waals surface area (Å²) < 4.78 is 6.44. The first-order valence-corrected chi connectivity index (χ1v) is 17.7. The van der Waals surface area contributed by atoms with Crippen molar-refractivity contribution < 1.29 is 4.42 Å². The number of benzene rings is 6. The Balaban J connectivity index is 1.09. The van der Waals surface area contributed by atoms with Crippen LogP contribution in [-0.2, 0) is 0 Å². The molecule has 2 heterocycles. The van der Waals surface area contributed by atoms with Crippen LogP contribution in [0.4, 0.5) is 0 Å². The molecule has 2 aromatic heterocycles. The molecule has 0 bridgehead atoms. The van der Waals surface area contributed by atoms with Gasteiger partial charge in [0.25, 0.3) is 0 Å². The zero-order valence-electron chi connectivity index (χ0n) is 28.0. The number of fused-ring (bicyclic) bond motifs is 5. The van der Waals surface area contributed by atoms with Crippen molar-refractivity contribution in [3.05, 3.63) is 169 Å². The molecule has 0 N–H and O–H groups in total. The lowest BCUT2D eigenvalue weighted by molar-refractivity contribution is 0.567. The van der Waals surface area contributed by atoms with Crippen LogP contribution in [0.25, 0.3) is 83.3 Å². The lowest BCUT2D eigenvalue weighted by Crippen LogP contribution is -2.10. The van der Waals surface area contributed by atoms with Crippen LogP contribution in [0.2, 0.25) is 0 Å². The minimum absolute atomic E-state index is 0.573. The number of aromatic nitrogens is 3. The molecular formula is C47H33N3O. The van der Waals surface area contributed by atoms with E-state index >= 15 is 0 Å². The molecule has 1 atom stereocenters. The number of hydrogen-bond acceptors (Lipinski definition) is 4. The average Bonchev–Trinajstić information content (AvgIpc) is 3.59. The molecule has 0 fully saturated rings. The molecular weight excluding hydrogens is 623 g/mol. The Morgan fingerprint density at radius 2 is 1.29 bits per heavy atom. The maximum atomic E-state index is 6.44. The Morgan fingerprint density at radius 1 is 0.549 bits per heavy atom. The zero-order valence-corrected chi connectivity index (χ0v) is 28.0. The predicted molar refractivity (Wildman–Crippen MR) is 209 cm³/mol. The summed E-state index contributed by atoms with van der Waals surface area (Å²) in [6.45, 7) is 0. The second kappa shape index (κ2) is 12.2. The first-order valence-electron chi connectivity index (χ1n) is 17.7. The van der Waals surface area contributed by atoms with E-state index in [1.807, 2.05) is 30.3 Å².